The molecule has 1 fully saturated rings. The average molecular weight is 314 g/mol. The molecule has 6 heteroatoms. The highest BCUT2D eigenvalue weighted by Crippen LogP contribution is 2.35. The lowest BCUT2D eigenvalue weighted by Gasteiger charge is -2.24. The highest BCUT2D eigenvalue weighted by atomic mass is 16.5. The number of aromatic nitrogens is 3. The Hall–Kier alpha value is -2.21. The molecule has 0 aliphatic carbocycles. The van der Waals surface area contributed by atoms with Crippen molar-refractivity contribution in [2.75, 3.05) is 25.6 Å². The van der Waals surface area contributed by atoms with Gasteiger partial charge in [-0.25, -0.2) is 0 Å². The Morgan fingerprint density at radius 2 is 2.04 bits per heavy atom. The fraction of sp³-hybridized carbons (Fsp3) is 0.471. The molecule has 2 aromatic rings. The second-order valence-corrected chi connectivity index (χ2v) is 5.71. The Balaban J connectivity index is 2.03. The Kier molecular flexibility index (Phi) is 4.71. The lowest BCUT2D eigenvalue weighted by molar-refractivity contribution is 0.0844. The maximum atomic E-state index is 5.87. The van der Waals surface area contributed by atoms with Gasteiger partial charge in [0.1, 0.15) is 0 Å². The molecule has 0 amide bonds. The van der Waals surface area contributed by atoms with E-state index < -0.39 is 0 Å². The number of pyridine rings is 1. The Morgan fingerprint density at radius 3 is 2.78 bits per heavy atom. The van der Waals surface area contributed by atoms with Crippen molar-refractivity contribution in [2.24, 2.45) is 0 Å². The highest BCUT2D eigenvalue weighted by Gasteiger charge is 2.22. The van der Waals surface area contributed by atoms with Crippen LogP contribution in [0.4, 0.5) is 5.69 Å². The first kappa shape index (κ1) is 15.7. The van der Waals surface area contributed by atoms with Crippen molar-refractivity contribution < 1.29 is 9.47 Å². The summed E-state index contributed by atoms with van der Waals surface area (Å²) < 4.78 is 11.1. The second-order valence-electron chi connectivity index (χ2n) is 5.71. The lowest BCUT2D eigenvalue weighted by Crippen LogP contribution is -2.16. The molecular formula is C17H22N4O2. The SMILES string of the molecule is CCOc1nnc(-c2cc(N)cnc2C)cc1C1CCOCC1. The molecule has 0 atom stereocenters. The van der Waals surface area contributed by atoms with Crippen molar-refractivity contribution in [3.63, 3.8) is 0 Å². The summed E-state index contributed by atoms with van der Waals surface area (Å²) in [5.74, 6) is 1.01. The molecule has 0 aromatic carbocycles. The third kappa shape index (κ3) is 3.42. The predicted molar refractivity (Wildman–Crippen MR) is 88.4 cm³/mol. The first-order chi connectivity index (χ1) is 11.2. The van der Waals surface area contributed by atoms with Crippen LogP contribution >= 0.6 is 0 Å². The first-order valence-corrected chi connectivity index (χ1v) is 7.99. The fourth-order valence-electron chi connectivity index (χ4n) is 2.89. The van der Waals surface area contributed by atoms with Crippen LogP contribution in [0.25, 0.3) is 11.3 Å². The molecule has 0 unspecified atom stereocenters. The van der Waals surface area contributed by atoms with E-state index in [4.69, 9.17) is 15.2 Å². The van der Waals surface area contributed by atoms with Crippen LogP contribution in [0, 0.1) is 6.92 Å². The minimum absolute atomic E-state index is 0.383. The number of aryl methyl sites for hydroxylation is 1. The van der Waals surface area contributed by atoms with Crippen LogP contribution in [0.1, 0.15) is 36.9 Å². The summed E-state index contributed by atoms with van der Waals surface area (Å²) in [5, 5.41) is 8.63. The van der Waals surface area contributed by atoms with Crippen molar-refractivity contribution in [3.8, 4) is 17.1 Å². The molecule has 23 heavy (non-hydrogen) atoms. The predicted octanol–water partition coefficient (Wildman–Crippen LogP) is 2.72. The number of nitrogens with two attached hydrogens (primary N) is 1. The van der Waals surface area contributed by atoms with E-state index in [1.54, 1.807) is 6.20 Å². The molecule has 1 aliphatic rings. The van der Waals surface area contributed by atoms with Crippen LogP contribution in [0.15, 0.2) is 18.3 Å². The minimum Gasteiger partial charge on any atom is -0.477 e. The van der Waals surface area contributed by atoms with Crippen molar-refractivity contribution in [3.05, 3.63) is 29.6 Å². The molecule has 3 heterocycles. The molecule has 1 aliphatic heterocycles. The van der Waals surface area contributed by atoms with E-state index in [-0.39, 0.29) is 0 Å². The summed E-state index contributed by atoms with van der Waals surface area (Å²) in [4.78, 5) is 4.31. The molecule has 0 radical (unpaired) electrons. The van der Waals surface area contributed by atoms with Gasteiger partial charge in [0.05, 0.1) is 24.2 Å². The van der Waals surface area contributed by atoms with E-state index in [2.05, 4.69) is 21.2 Å². The quantitative estimate of drug-likeness (QED) is 0.934. The number of anilines is 1. The topological polar surface area (TPSA) is 83.2 Å². The zero-order chi connectivity index (χ0) is 16.2. The minimum atomic E-state index is 0.383. The van der Waals surface area contributed by atoms with Gasteiger partial charge < -0.3 is 15.2 Å². The summed E-state index contributed by atoms with van der Waals surface area (Å²) >= 11 is 0. The maximum Gasteiger partial charge on any atom is 0.236 e. The first-order valence-electron chi connectivity index (χ1n) is 7.99. The normalized spacial score (nSPS) is 15.6. The standard InChI is InChI=1S/C17H22N4O2/c1-3-23-17-15(12-4-6-22-7-5-12)9-16(20-21-17)14-8-13(18)10-19-11(14)2/h8-10,12H,3-7,18H2,1-2H3. The molecule has 3 rings (SSSR count). The Morgan fingerprint density at radius 1 is 1.26 bits per heavy atom. The van der Waals surface area contributed by atoms with E-state index >= 15 is 0 Å². The van der Waals surface area contributed by atoms with Gasteiger partial charge in [-0.3, -0.25) is 4.98 Å². The number of ether oxygens (including phenoxy) is 2. The number of rotatable bonds is 4. The van der Waals surface area contributed by atoms with Crippen molar-refractivity contribution in [1.29, 1.82) is 0 Å². The van der Waals surface area contributed by atoms with Crippen LogP contribution < -0.4 is 10.5 Å². The van der Waals surface area contributed by atoms with Gasteiger partial charge in [-0.15, -0.1) is 10.2 Å². The molecule has 0 bridgehead atoms. The van der Waals surface area contributed by atoms with Crippen molar-refractivity contribution in [2.45, 2.75) is 32.6 Å². The number of hydrogen-bond acceptors (Lipinski definition) is 6. The molecule has 1 saturated heterocycles. The van der Waals surface area contributed by atoms with Gasteiger partial charge in [-0.2, -0.15) is 0 Å². The highest BCUT2D eigenvalue weighted by molar-refractivity contribution is 5.66. The molecular weight excluding hydrogens is 292 g/mol. The van der Waals surface area contributed by atoms with E-state index in [0.717, 1.165) is 48.6 Å². The van der Waals surface area contributed by atoms with Crippen molar-refractivity contribution >= 4 is 5.69 Å². The summed E-state index contributed by atoms with van der Waals surface area (Å²) in [7, 11) is 0. The second kappa shape index (κ2) is 6.91. The number of nitrogen functional groups attached to an aromatic ring is 1. The Labute approximate surface area is 136 Å². The van der Waals surface area contributed by atoms with Crippen molar-refractivity contribution in [1.82, 2.24) is 15.2 Å². The van der Waals surface area contributed by atoms with Gasteiger partial charge in [-0.1, -0.05) is 0 Å². The average Bonchev–Trinajstić information content (AvgIpc) is 2.58. The molecule has 2 aromatic heterocycles. The summed E-state index contributed by atoms with van der Waals surface area (Å²) in [6.07, 6.45) is 3.60. The zero-order valence-electron chi connectivity index (χ0n) is 13.6. The molecule has 0 saturated carbocycles. The lowest BCUT2D eigenvalue weighted by atomic mass is 9.91. The van der Waals surface area contributed by atoms with Crippen LogP contribution in [-0.4, -0.2) is 35.0 Å². The molecule has 0 spiro atoms. The van der Waals surface area contributed by atoms with Gasteiger partial charge in [0.15, 0.2) is 0 Å². The van der Waals surface area contributed by atoms with E-state index in [9.17, 15) is 0 Å². The van der Waals surface area contributed by atoms with Gasteiger partial charge in [0.2, 0.25) is 5.88 Å². The van der Waals surface area contributed by atoms with E-state index in [0.29, 0.717) is 24.1 Å². The third-order valence-electron chi connectivity index (χ3n) is 4.11. The molecule has 122 valence electrons. The smallest absolute Gasteiger partial charge is 0.236 e. The van der Waals surface area contributed by atoms with Crippen LogP contribution in [0.5, 0.6) is 5.88 Å². The van der Waals surface area contributed by atoms with Crippen LogP contribution in [0.3, 0.4) is 0 Å². The third-order valence-corrected chi connectivity index (χ3v) is 4.11. The summed E-state index contributed by atoms with van der Waals surface area (Å²) in [6, 6.07) is 3.96. The largest absolute Gasteiger partial charge is 0.477 e. The van der Waals surface area contributed by atoms with Crippen LogP contribution in [-0.2, 0) is 4.74 Å². The monoisotopic (exact) mass is 314 g/mol. The van der Waals surface area contributed by atoms with Gasteiger partial charge in [0, 0.05) is 30.0 Å². The van der Waals surface area contributed by atoms with Gasteiger partial charge >= 0.3 is 0 Å². The fourth-order valence-corrected chi connectivity index (χ4v) is 2.89. The van der Waals surface area contributed by atoms with Gasteiger partial charge in [-0.05, 0) is 44.7 Å². The number of nitrogens with zero attached hydrogens (tertiary/aromatic N) is 3. The summed E-state index contributed by atoms with van der Waals surface area (Å²) in [5.41, 5.74) is 10.2. The van der Waals surface area contributed by atoms with E-state index in [1.807, 2.05) is 19.9 Å². The van der Waals surface area contributed by atoms with Gasteiger partial charge in [0.25, 0.3) is 0 Å². The molecule has 6 nitrogen and oxygen atoms in total. The van der Waals surface area contributed by atoms with Crippen LogP contribution in [0.2, 0.25) is 0 Å². The Bertz CT molecular complexity index is 684. The summed E-state index contributed by atoms with van der Waals surface area (Å²) in [6.45, 7) is 6.01. The zero-order valence-corrected chi connectivity index (χ0v) is 13.6. The molecule has 2 N–H and O–H groups in total. The number of hydrogen-bond donors (Lipinski definition) is 1. The maximum absolute atomic E-state index is 5.87. The van der Waals surface area contributed by atoms with E-state index in [1.165, 1.54) is 0 Å².